The lowest BCUT2D eigenvalue weighted by Crippen LogP contribution is -2.47. The lowest BCUT2D eigenvalue weighted by Gasteiger charge is -2.38. The van der Waals surface area contributed by atoms with Gasteiger partial charge < -0.3 is 10.6 Å². The van der Waals surface area contributed by atoms with Crippen LogP contribution in [0.25, 0.3) is 0 Å². The Morgan fingerprint density at radius 1 is 1.55 bits per heavy atom. The van der Waals surface area contributed by atoms with E-state index < -0.39 is 0 Å². The molecule has 0 bridgehead atoms. The standard InChI is InChI=1S/C13H23N5O2/c1-4-11-12(18(19)20)13(16(3)15-11)17-6-5-9(2)7-10(17)8-14/h9-10H,4-8,14H2,1-3H3. The fourth-order valence-electron chi connectivity index (χ4n) is 3.06. The highest BCUT2D eigenvalue weighted by molar-refractivity contribution is 5.62. The smallest absolute Gasteiger partial charge is 0.334 e. The summed E-state index contributed by atoms with van der Waals surface area (Å²) in [6.07, 6.45) is 2.56. The largest absolute Gasteiger partial charge is 0.347 e. The molecule has 1 aliphatic heterocycles. The maximum Gasteiger partial charge on any atom is 0.334 e. The molecule has 7 nitrogen and oxygen atoms in total. The molecule has 1 aliphatic rings. The summed E-state index contributed by atoms with van der Waals surface area (Å²) in [4.78, 5) is 13.2. The number of aryl methyl sites for hydroxylation is 2. The van der Waals surface area contributed by atoms with E-state index in [-0.39, 0.29) is 16.7 Å². The molecular formula is C13H23N5O2. The summed E-state index contributed by atoms with van der Waals surface area (Å²) in [5.41, 5.74) is 6.55. The average molecular weight is 281 g/mol. The van der Waals surface area contributed by atoms with Crippen LogP contribution in [0.15, 0.2) is 0 Å². The number of nitrogens with two attached hydrogens (primary N) is 1. The lowest BCUT2D eigenvalue weighted by molar-refractivity contribution is -0.384. The highest BCUT2D eigenvalue weighted by Gasteiger charge is 2.35. The van der Waals surface area contributed by atoms with Gasteiger partial charge in [0.1, 0.15) is 5.69 Å². The molecule has 7 heteroatoms. The Morgan fingerprint density at radius 2 is 2.25 bits per heavy atom. The summed E-state index contributed by atoms with van der Waals surface area (Å²) in [5, 5.41) is 15.7. The molecule has 0 spiro atoms. The molecule has 1 aromatic heterocycles. The summed E-state index contributed by atoms with van der Waals surface area (Å²) in [6.45, 7) is 5.40. The minimum atomic E-state index is -0.313. The van der Waals surface area contributed by atoms with E-state index in [0.29, 0.717) is 30.4 Å². The van der Waals surface area contributed by atoms with E-state index in [2.05, 4.69) is 16.9 Å². The number of hydrogen-bond acceptors (Lipinski definition) is 5. The predicted molar refractivity (Wildman–Crippen MR) is 77.8 cm³/mol. The van der Waals surface area contributed by atoms with Gasteiger partial charge in [-0.25, -0.2) is 4.68 Å². The van der Waals surface area contributed by atoms with Crippen LogP contribution in [-0.2, 0) is 13.5 Å². The van der Waals surface area contributed by atoms with Crippen LogP contribution in [-0.4, -0.2) is 33.8 Å². The Hall–Kier alpha value is -1.63. The van der Waals surface area contributed by atoms with Crippen molar-refractivity contribution < 1.29 is 4.92 Å². The topological polar surface area (TPSA) is 90.2 Å². The first-order chi connectivity index (χ1) is 9.49. The van der Waals surface area contributed by atoms with Crippen LogP contribution >= 0.6 is 0 Å². The van der Waals surface area contributed by atoms with Gasteiger partial charge in [0.25, 0.3) is 0 Å². The molecule has 2 N–H and O–H groups in total. The zero-order chi connectivity index (χ0) is 14.9. The quantitative estimate of drug-likeness (QED) is 0.666. The van der Waals surface area contributed by atoms with Crippen molar-refractivity contribution in [3.8, 4) is 0 Å². The SMILES string of the molecule is CCc1nn(C)c(N2CCC(C)CC2CN)c1[N+](=O)[O-]. The zero-order valence-corrected chi connectivity index (χ0v) is 12.4. The van der Waals surface area contributed by atoms with E-state index in [0.717, 1.165) is 19.4 Å². The van der Waals surface area contributed by atoms with Crippen molar-refractivity contribution in [2.75, 3.05) is 18.0 Å². The molecule has 0 aromatic carbocycles. The Labute approximate surface area is 118 Å². The summed E-state index contributed by atoms with van der Waals surface area (Å²) in [6, 6.07) is 0.151. The van der Waals surface area contributed by atoms with E-state index in [9.17, 15) is 10.1 Å². The number of anilines is 1. The molecule has 0 saturated carbocycles. The second kappa shape index (κ2) is 5.78. The number of nitrogens with zero attached hydrogens (tertiary/aromatic N) is 4. The predicted octanol–water partition coefficient (Wildman–Crippen LogP) is 1.45. The van der Waals surface area contributed by atoms with Crippen molar-refractivity contribution in [1.29, 1.82) is 0 Å². The van der Waals surface area contributed by atoms with Crippen LogP contribution in [0.2, 0.25) is 0 Å². The lowest BCUT2D eigenvalue weighted by atomic mass is 9.92. The van der Waals surface area contributed by atoms with Crippen molar-refractivity contribution in [3.05, 3.63) is 15.8 Å². The maximum atomic E-state index is 11.4. The molecule has 0 aliphatic carbocycles. The normalized spacial score (nSPS) is 23.1. The van der Waals surface area contributed by atoms with Gasteiger partial charge in [0, 0.05) is 26.2 Å². The van der Waals surface area contributed by atoms with Gasteiger partial charge in [-0.3, -0.25) is 10.1 Å². The molecule has 1 fully saturated rings. The first-order valence-electron chi connectivity index (χ1n) is 7.16. The van der Waals surface area contributed by atoms with Crippen LogP contribution < -0.4 is 10.6 Å². The van der Waals surface area contributed by atoms with Crippen molar-refractivity contribution in [2.24, 2.45) is 18.7 Å². The zero-order valence-electron chi connectivity index (χ0n) is 12.4. The van der Waals surface area contributed by atoms with E-state index >= 15 is 0 Å². The van der Waals surface area contributed by atoms with Crippen LogP contribution in [0.3, 0.4) is 0 Å². The van der Waals surface area contributed by atoms with E-state index in [4.69, 9.17) is 5.73 Å². The maximum absolute atomic E-state index is 11.4. The van der Waals surface area contributed by atoms with Crippen molar-refractivity contribution in [2.45, 2.75) is 39.2 Å². The number of aromatic nitrogens is 2. The fourth-order valence-corrected chi connectivity index (χ4v) is 3.06. The molecule has 1 saturated heterocycles. The van der Waals surface area contributed by atoms with Gasteiger partial charge in [-0.05, 0) is 25.2 Å². The molecule has 0 radical (unpaired) electrons. The van der Waals surface area contributed by atoms with Crippen LogP contribution in [0.5, 0.6) is 0 Å². The van der Waals surface area contributed by atoms with Gasteiger partial charge in [-0.15, -0.1) is 0 Å². The van der Waals surface area contributed by atoms with E-state index in [1.165, 1.54) is 0 Å². The highest BCUT2D eigenvalue weighted by Crippen LogP contribution is 2.36. The van der Waals surface area contributed by atoms with Crippen molar-refractivity contribution in [3.63, 3.8) is 0 Å². The third-order valence-electron chi connectivity index (χ3n) is 4.10. The Kier molecular flexibility index (Phi) is 4.27. The van der Waals surface area contributed by atoms with Gasteiger partial charge in [0.05, 0.1) is 4.92 Å². The average Bonchev–Trinajstić information content (AvgIpc) is 2.75. The van der Waals surface area contributed by atoms with E-state index in [1.54, 1.807) is 11.7 Å². The minimum absolute atomic E-state index is 0.142. The third-order valence-corrected chi connectivity index (χ3v) is 4.10. The Bertz CT molecular complexity index is 499. The summed E-state index contributed by atoms with van der Waals surface area (Å²) in [7, 11) is 1.77. The van der Waals surface area contributed by atoms with Crippen LogP contribution in [0, 0.1) is 16.0 Å². The molecule has 112 valence electrons. The third kappa shape index (κ3) is 2.49. The number of piperidine rings is 1. The first kappa shape index (κ1) is 14.8. The Morgan fingerprint density at radius 3 is 2.80 bits per heavy atom. The first-order valence-corrected chi connectivity index (χ1v) is 7.16. The van der Waals surface area contributed by atoms with Gasteiger partial charge in [0.2, 0.25) is 5.82 Å². The second-order valence-corrected chi connectivity index (χ2v) is 5.57. The van der Waals surface area contributed by atoms with Gasteiger partial charge in [-0.2, -0.15) is 5.10 Å². The fraction of sp³-hybridized carbons (Fsp3) is 0.769. The molecule has 2 atom stereocenters. The molecule has 2 rings (SSSR count). The summed E-state index contributed by atoms with van der Waals surface area (Å²) >= 11 is 0. The highest BCUT2D eigenvalue weighted by atomic mass is 16.6. The van der Waals surface area contributed by atoms with Crippen molar-refractivity contribution >= 4 is 11.5 Å². The molecule has 2 heterocycles. The molecular weight excluding hydrogens is 258 g/mol. The van der Waals surface area contributed by atoms with Crippen LogP contribution in [0.4, 0.5) is 11.5 Å². The molecule has 20 heavy (non-hydrogen) atoms. The monoisotopic (exact) mass is 281 g/mol. The molecule has 1 aromatic rings. The molecule has 2 unspecified atom stereocenters. The second-order valence-electron chi connectivity index (χ2n) is 5.57. The number of nitro groups is 1. The summed E-state index contributed by atoms with van der Waals surface area (Å²) in [5.74, 6) is 1.21. The van der Waals surface area contributed by atoms with Crippen molar-refractivity contribution in [1.82, 2.24) is 9.78 Å². The number of rotatable bonds is 4. The van der Waals surface area contributed by atoms with Gasteiger partial charge >= 0.3 is 5.69 Å². The Balaban J connectivity index is 2.45. The number of hydrogen-bond donors (Lipinski definition) is 1. The van der Waals surface area contributed by atoms with E-state index in [1.807, 2.05) is 6.92 Å². The minimum Gasteiger partial charge on any atom is -0.347 e. The molecule has 0 amide bonds. The van der Waals surface area contributed by atoms with Gasteiger partial charge in [-0.1, -0.05) is 13.8 Å². The van der Waals surface area contributed by atoms with Crippen LogP contribution in [0.1, 0.15) is 32.4 Å². The summed E-state index contributed by atoms with van der Waals surface area (Å²) < 4.78 is 1.63. The van der Waals surface area contributed by atoms with Gasteiger partial charge in [0.15, 0.2) is 0 Å².